The summed E-state index contributed by atoms with van der Waals surface area (Å²) in [6, 6.07) is 7.04. The Labute approximate surface area is 164 Å². The summed E-state index contributed by atoms with van der Waals surface area (Å²) in [5, 5.41) is 3.31. The minimum atomic E-state index is 0.312. The highest BCUT2D eigenvalue weighted by Crippen LogP contribution is 2.26. The van der Waals surface area contributed by atoms with Gasteiger partial charge in [-0.15, -0.1) is 0 Å². The standard InChI is InChI=1S/C22H36N4O/c1-2-12-25(13-3-4-14-26-15-11-24-10-9-22(26)27)21-8-6-18-5-7-20(23)16-19(18)17-21/h5,7,16,21,24H,2-4,6,8-15,17,23H2,1H3. The number of fused-ring (bicyclic) bond motifs is 1. The molecular weight excluding hydrogens is 336 g/mol. The summed E-state index contributed by atoms with van der Waals surface area (Å²) in [6.45, 7) is 8.09. The maximum atomic E-state index is 12.1. The summed E-state index contributed by atoms with van der Waals surface area (Å²) < 4.78 is 0. The van der Waals surface area contributed by atoms with Crippen LogP contribution in [0.1, 0.15) is 50.2 Å². The number of aryl methyl sites for hydroxylation is 1. The van der Waals surface area contributed by atoms with E-state index >= 15 is 0 Å². The fourth-order valence-electron chi connectivity index (χ4n) is 4.50. The van der Waals surface area contributed by atoms with Gasteiger partial charge in [0.05, 0.1) is 0 Å². The molecule has 0 saturated carbocycles. The molecule has 1 saturated heterocycles. The van der Waals surface area contributed by atoms with E-state index in [4.69, 9.17) is 5.73 Å². The molecule has 1 aliphatic carbocycles. The summed E-state index contributed by atoms with van der Waals surface area (Å²) >= 11 is 0. The van der Waals surface area contributed by atoms with Gasteiger partial charge in [-0.2, -0.15) is 0 Å². The average molecular weight is 373 g/mol. The molecule has 1 atom stereocenters. The fourth-order valence-corrected chi connectivity index (χ4v) is 4.50. The van der Waals surface area contributed by atoms with Crippen molar-refractivity contribution in [1.29, 1.82) is 0 Å². The summed E-state index contributed by atoms with van der Waals surface area (Å²) in [5.74, 6) is 0.312. The van der Waals surface area contributed by atoms with Crippen LogP contribution < -0.4 is 11.1 Å². The van der Waals surface area contributed by atoms with Gasteiger partial charge in [0, 0.05) is 44.3 Å². The summed E-state index contributed by atoms with van der Waals surface area (Å²) in [4.78, 5) is 16.8. The molecule has 1 aromatic carbocycles. The number of nitrogens with one attached hydrogen (secondary N) is 1. The Morgan fingerprint density at radius 3 is 2.93 bits per heavy atom. The molecule has 5 heteroatoms. The molecule has 5 nitrogen and oxygen atoms in total. The number of hydrogen-bond donors (Lipinski definition) is 2. The van der Waals surface area contributed by atoms with Gasteiger partial charge < -0.3 is 20.9 Å². The molecule has 0 spiro atoms. The van der Waals surface area contributed by atoms with Gasteiger partial charge in [-0.05, 0) is 74.9 Å². The first kappa shape index (κ1) is 20.2. The number of nitrogens with zero attached hydrogens (tertiary/aromatic N) is 2. The first-order valence-electron chi connectivity index (χ1n) is 10.8. The maximum Gasteiger partial charge on any atom is 0.223 e. The minimum Gasteiger partial charge on any atom is -0.399 e. The van der Waals surface area contributed by atoms with Crippen LogP contribution in [-0.4, -0.2) is 61.0 Å². The molecule has 150 valence electrons. The van der Waals surface area contributed by atoms with E-state index in [9.17, 15) is 4.79 Å². The van der Waals surface area contributed by atoms with Crippen LogP contribution in [0.3, 0.4) is 0 Å². The number of unbranched alkanes of at least 4 members (excludes halogenated alkanes) is 1. The molecule has 3 N–H and O–H groups in total. The van der Waals surface area contributed by atoms with Gasteiger partial charge in [-0.25, -0.2) is 0 Å². The third-order valence-corrected chi connectivity index (χ3v) is 6.01. The molecule has 1 aliphatic heterocycles. The predicted octanol–water partition coefficient (Wildman–Crippen LogP) is 2.44. The smallest absolute Gasteiger partial charge is 0.223 e. The molecule has 0 bridgehead atoms. The molecule has 1 amide bonds. The normalized spacial score (nSPS) is 20.6. The molecule has 1 fully saturated rings. The van der Waals surface area contributed by atoms with Crippen molar-refractivity contribution >= 4 is 11.6 Å². The number of nitrogens with two attached hydrogens (primary N) is 1. The van der Waals surface area contributed by atoms with E-state index in [-0.39, 0.29) is 0 Å². The Morgan fingerprint density at radius 1 is 1.19 bits per heavy atom. The van der Waals surface area contributed by atoms with Crippen molar-refractivity contribution in [3.05, 3.63) is 29.3 Å². The molecule has 27 heavy (non-hydrogen) atoms. The van der Waals surface area contributed by atoms with Crippen LogP contribution >= 0.6 is 0 Å². The zero-order chi connectivity index (χ0) is 19.1. The zero-order valence-electron chi connectivity index (χ0n) is 16.9. The van der Waals surface area contributed by atoms with E-state index in [1.165, 1.54) is 24.0 Å². The van der Waals surface area contributed by atoms with E-state index in [1.807, 2.05) is 11.0 Å². The number of carbonyl (C=O) groups excluding carboxylic acids is 1. The molecular formula is C22H36N4O. The third kappa shape index (κ3) is 5.69. The Morgan fingerprint density at radius 2 is 2.07 bits per heavy atom. The first-order valence-corrected chi connectivity index (χ1v) is 10.8. The van der Waals surface area contributed by atoms with Crippen molar-refractivity contribution in [1.82, 2.24) is 15.1 Å². The number of nitrogen functional groups attached to an aromatic ring is 1. The van der Waals surface area contributed by atoms with Gasteiger partial charge >= 0.3 is 0 Å². The Kier molecular flexibility index (Phi) is 7.53. The Bertz CT molecular complexity index is 618. The van der Waals surface area contributed by atoms with Crippen molar-refractivity contribution in [3.63, 3.8) is 0 Å². The number of rotatable bonds is 8. The van der Waals surface area contributed by atoms with E-state index in [0.717, 1.165) is 70.6 Å². The van der Waals surface area contributed by atoms with Crippen LogP contribution in [0.15, 0.2) is 18.2 Å². The largest absolute Gasteiger partial charge is 0.399 e. The maximum absolute atomic E-state index is 12.1. The second-order valence-electron chi connectivity index (χ2n) is 8.05. The quantitative estimate of drug-likeness (QED) is 0.543. The number of hydrogen-bond acceptors (Lipinski definition) is 4. The van der Waals surface area contributed by atoms with Crippen LogP contribution in [0, 0.1) is 0 Å². The number of amides is 1. The molecule has 1 aromatic rings. The molecule has 0 radical (unpaired) electrons. The summed E-state index contributed by atoms with van der Waals surface area (Å²) in [7, 11) is 0. The highest BCUT2D eigenvalue weighted by molar-refractivity contribution is 5.76. The van der Waals surface area contributed by atoms with Crippen molar-refractivity contribution in [3.8, 4) is 0 Å². The highest BCUT2D eigenvalue weighted by Gasteiger charge is 2.24. The SMILES string of the molecule is CCCN(CCCCN1CCNCCC1=O)C1CCc2ccc(N)cc2C1. The van der Waals surface area contributed by atoms with Gasteiger partial charge in [0.2, 0.25) is 5.91 Å². The summed E-state index contributed by atoms with van der Waals surface area (Å²) in [5.41, 5.74) is 9.80. The lowest BCUT2D eigenvalue weighted by atomic mass is 9.87. The monoisotopic (exact) mass is 372 g/mol. The van der Waals surface area contributed by atoms with E-state index in [0.29, 0.717) is 18.4 Å². The number of benzene rings is 1. The lowest BCUT2D eigenvalue weighted by Gasteiger charge is -2.35. The molecule has 1 unspecified atom stereocenters. The second-order valence-corrected chi connectivity index (χ2v) is 8.05. The van der Waals surface area contributed by atoms with Crippen LogP contribution in [0.4, 0.5) is 5.69 Å². The first-order chi connectivity index (χ1) is 13.2. The predicted molar refractivity (Wildman–Crippen MR) is 112 cm³/mol. The molecule has 3 rings (SSSR count). The highest BCUT2D eigenvalue weighted by atomic mass is 16.2. The van der Waals surface area contributed by atoms with Gasteiger partial charge in [0.25, 0.3) is 0 Å². The lowest BCUT2D eigenvalue weighted by Crippen LogP contribution is -2.41. The van der Waals surface area contributed by atoms with Gasteiger partial charge in [-0.3, -0.25) is 4.79 Å². The molecule has 1 heterocycles. The van der Waals surface area contributed by atoms with Crippen molar-refractivity contribution < 1.29 is 4.79 Å². The van der Waals surface area contributed by atoms with Crippen LogP contribution in [0.25, 0.3) is 0 Å². The van der Waals surface area contributed by atoms with Crippen LogP contribution in [0.2, 0.25) is 0 Å². The van der Waals surface area contributed by atoms with Gasteiger partial charge in [-0.1, -0.05) is 13.0 Å². The lowest BCUT2D eigenvalue weighted by molar-refractivity contribution is -0.130. The van der Waals surface area contributed by atoms with E-state index in [1.54, 1.807) is 0 Å². The van der Waals surface area contributed by atoms with Crippen molar-refractivity contribution in [2.24, 2.45) is 0 Å². The topological polar surface area (TPSA) is 61.6 Å². The second kappa shape index (κ2) is 10.1. The van der Waals surface area contributed by atoms with Crippen molar-refractivity contribution in [2.45, 2.75) is 57.9 Å². The van der Waals surface area contributed by atoms with E-state index < -0.39 is 0 Å². The zero-order valence-corrected chi connectivity index (χ0v) is 16.9. The third-order valence-electron chi connectivity index (χ3n) is 6.01. The van der Waals surface area contributed by atoms with Gasteiger partial charge in [0.15, 0.2) is 0 Å². The average Bonchev–Trinajstić information content (AvgIpc) is 2.88. The minimum absolute atomic E-state index is 0.312. The Balaban J connectivity index is 1.48. The Hall–Kier alpha value is -1.59. The molecule has 0 aromatic heterocycles. The van der Waals surface area contributed by atoms with Crippen molar-refractivity contribution in [2.75, 3.05) is 45.0 Å². The number of anilines is 1. The fraction of sp³-hybridized carbons (Fsp3) is 0.682. The molecule has 2 aliphatic rings. The van der Waals surface area contributed by atoms with Crippen LogP contribution in [0.5, 0.6) is 0 Å². The van der Waals surface area contributed by atoms with Gasteiger partial charge in [0.1, 0.15) is 0 Å². The van der Waals surface area contributed by atoms with Crippen LogP contribution in [-0.2, 0) is 17.6 Å². The number of carbonyl (C=O) groups is 1. The van der Waals surface area contributed by atoms with E-state index in [2.05, 4.69) is 29.3 Å². The summed E-state index contributed by atoms with van der Waals surface area (Å²) in [6.07, 6.45) is 7.63.